The van der Waals surface area contributed by atoms with Gasteiger partial charge in [0.1, 0.15) is 48.8 Å². The van der Waals surface area contributed by atoms with E-state index in [1.165, 1.54) is 64.2 Å². The van der Waals surface area contributed by atoms with Crippen molar-refractivity contribution < 1.29 is 64.6 Å². The molecule has 0 bridgehead atoms. The number of carbonyl (C=O) groups excluding carboxylic acids is 1. The standard InChI is InChI=1S/C40H75NO13/c1-3-5-7-9-11-12-13-14-15-16-17-18-20-22-24-32(45)41-28(29(44)23-21-19-10-8-6-4-2)27-51-39-37(50)35(48)38(31(26-43)53-39)54-40-36(49)34(47)33(46)30(25-42)52-40/h21,23,28-31,33-40,42-44,46-50H,3-20,22,24-27H2,1-2H3,(H,41,45)/b23-21+. The maximum Gasteiger partial charge on any atom is 0.220 e. The number of ether oxygens (including phenoxy) is 4. The fraction of sp³-hybridized carbons (Fsp3) is 0.925. The third kappa shape index (κ3) is 17.9. The van der Waals surface area contributed by atoms with Crippen molar-refractivity contribution in [2.45, 2.75) is 216 Å². The van der Waals surface area contributed by atoms with E-state index in [4.69, 9.17) is 18.9 Å². The molecule has 0 radical (unpaired) electrons. The molecule has 0 spiro atoms. The molecule has 318 valence electrons. The summed E-state index contributed by atoms with van der Waals surface area (Å²) in [7, 11) is 0. The van der Waals surface area contributed by atoms with Gasteiger partial charge in [0.25, 0.3) is 0 Å². The van der Waals surface area contributed by atoms with Gasteiger partial charge in [0, 0.05) is 6.42 Å². The molecule has 12 unspecified atom stereocenters. The maximum atomic E-state index is 13.0. The van der Waals surface area contributed by atoms with Gasteiger partial charge in [-0.25, -0.2) is 0 Å². The summed E-state index contributed by atoms with van der Waals surface area (Å²) in [5.41, 5.74) is 0. The van der Waals surface area contributed by atoms with Gasteiger partial charge in [0.2, 0.25) is 5.91 Å². The van der Waals surface area contributed by atoms with Crippen LogP contribution < -0.4 is 5.32 Å². The van der Waals surface area contributed by atoms with Crippen molar-refractivity contribution in [2.75, 3.05) is 19.8 Å². The number of carbonyl (C=O) groups is 1. The Labute approximate surface area is 323 Å². The molecule has 0 aromatic carbocycles. The minimum absolute atomic E-state index is 0.246. The van der Waals surface area contributed by atoms with Crippen molar-refractivity contribution in [2.24, 2.45) is 0 Å². The predicted molar refractivity (Wildman–Crippen MR) is 203 cm³/mol. The molecule has 2 fully saturated rings. The van der Waals surface area contributed by atoms with Crippen LogP contribution in [0.15, 0.2) is 12.2 Å². The summed E-state index contributed by atoms with van der Waals surface area (Å²) in [6.07, 6.45) is 8.79. The Balaban J connectivity index is 1.88. The topological polar surface area (TPSA) is 228 Å². The first-order valence-corrected chi connectivity index (χ1v) is 20.9. The van der Waals surface area contributed by atoms with E-state index in [9.17, 15) is 45.6 Å². The third-order valence-corrected chi connectivity index (χ3v) is 10.5. The molecule has 2 aliphatic heterocycles. The molecule has 14 heteroatoms. The molecule has 54 heavy (non-hydrogen) atoms. The summed E-state index contributed by atoms with van der Waals surface area (Å²) in [4.78, 5) is 13.0. The first-order chi connectivity index (χ1) is 26.1. The Morgan fingerprint density at radius 3 is 1.70 bits per heavy atom. The number of aliphatic hydroxyl groups excluding tert-OH is 8. The fourth-order valence-electron chi connectivity index (χ4n) is 6.94. The number of aliphatic hydroxyl groups is 8. The van der Waals surface area contributed by atoms with Gasteiger partial charge in [0.15, 0.2) is 12.6 Å². The lowest BCUT2D eigenvalue weighted by atomic mass is 9.97. The molecule has 2 heterocycles. The van der Waals surface area contributed by atoms with Crippen molar-refractivity contribution in [3.8, 4) is 0 Å². The highest BCUT2D eigenvalue weighted by Crippen LogP contribution is 2.30. The van der Waals surface area contributed by atoms with E-state index in [1.807, 2.05) is 6.08 Å². The van der Waals surface area contributed by atoms with Gasteiger partial charge in [-0.1, -0.05) is 129 Å². The summed E-state index contributed by atoms with van der Waals surface area (Å²) in [5.74, 6) is -0.246. The molecule has 12 atom stereocenters. The van der Waals surface area contributed by atoms with E-state index < -0.39 is 86.8 Å². The van der Waals surface area contributed by atoms with Crippen LogP contribution in [0.2, 0.25) is 0 Å². The number of nitrogens with one attached hydrogen (secondary N) is 1. The molecular formula is C40H75NO13. The summed E-state index contributed by atoms with van der Waals surface area (Å²) in [6, 6.07) is -0.903. The van der Waals surface area contributed by atoms with Crippen LogP contribution in [0.5, 0.6) is 0 Å². The van der Waals surface area contributed by atoms with Gasteiger partial charge in [-0.05, 0) is 19.3 Å². The molecule has 14 nitrogen and oxygen atoms in total. The largest absolute Gasteiger partial charge is 0.394 e. The zero-order valence-corrected chi connectivity index (χ0v) is 33.0. The molecule has 2 saturated heterocycles. The predicted octanol–water partition coefficient (Wildman–Crippen LogP) is 2.87. The number of hydrogen-bond donors (Lipinski definition) is 9. The number of rotatable bonds is 30. The molecule has 0 aliphatic carbocycles. The zero-order valence-electron chi connectivity index (χ0n) is 33.0. The normalized spacial score (nSPS) is 30.1. The van der Waals surface area contributed by atoms with Crippen LogP contribution >= 0.6 is 0 Å². The average molecular weight is 778 g/mol. The van der Waals surface area contributed by atoms with E-state index >= 15 is 0 Å². The van der Waals surface area contributed by atoms with Gasteiger partial charge in [0.05, 0.1) is 32.0 Å². The average Bonchev–Trinajstić information content (AvgIpc) is 3.17. The van der Waals surface area contributed by atoms with E-state index in [1.54, 1.807) is 6.08 Å². The van der Waals surface area contributed by atoms with Crippen LogP contribution in [-0.2, 0) is 23.7 Å². The number of amides is 1. The van der Waals surface area contributed by atoms with Gasteiger partial charge in [-0.15, -0.1) is 0 Å². The Bertz CT molecular complexity index is 972. The second-order valence-corrected chi connectivity index (χ2v) is 15.1. The molecule has 2 aliphatic rings. The Hall–Kier alpha value is -1.27. The highest BCUT2D eigenvalue weighted by molar-refractivity contribution is 5.76. The number of allylic oxidation sites excluding steroid dienone is 1. The first kappa shape index (κ1) is 48.9. The van der Waals surface area contributed by atoms with E-state index in [0.29, 0.717) is 6.42 Å². The van der Waals surface area contributed by atoms with Crippen molar-refractivity contribution in [3.63, 3.8) is 0 Å². The van der Waals surface area contributed by atoms with Crippen LogP contribution in [-0.4, -0.2) is 140 Å². The lowest BCUT2D eigenvalue weighted by molar-refractivity contribution is -0.359. The van der Waals surface area contributed by atoms with Crippen LogP contribution in [0.3, 0.4) is 0 Å². The Morgan fingerprint density at radius 2 is 1.15 bits per heavy atom. The summed E-state index contributed by atoms with van der Waals surface area (Å²) in [5, 5.41) is 85.9. The summed E-state index contributed by atoms with van der Waals surface area (Å²) >= 11 is 0. The molecule has 2 rings (SSSR count). The Morgan fingerprint density at radius 1 is 0.648 bits per heavy atom. The third-order valence-electron chi connectivity index (χ3n) is 10.5. The molecule has 1 amide bonds. The minimum Gasteiger partial charge on any atom is -0.394 e. The van der Waals surface area contributed by atoms with Gasteiger partial charge in [-0.2, -0.15) is 0 Å². The second-order valence-electron chi connectivity index (χ2n) is 15.1. The fourth-order valence-corrected chi connectivity index (χ4v) is 6.94. The van der Waals surface area contributed by atoms with E-state index in [-0.39, 0.29) is 18.9 Å². The van der Waals surface area contributed by atoms with Crippen LogP contribution in [0.4, 0.5) is 0 Å². The summed E-state index contributed by atoms with van der Waals surface area (Å²) in [6.45, 7) is 2.66. The molecular weight excluding hydrogens is 702 g/mol. The van der Waals surface area contributed by atoms with Crippen LogP contribution in [0.1, 0.15) is 142 Å². The quantitative estimate of drug-likeness (QED) is 0.0378. The second kappa shape index (κ2) is 29.0. The smallest absolute Gasteiger partial charge is 0.220 e. The van der Waals surface area contributed by atoms with Crippen LogP contribution in [0, 0.1) is 0 Å². The maximum absolute atomic E-state index is 13.0. The molecule has 0 saturated carbocycles. The minimum atomic E-state index is -1.78. The Kier molecular flexibility index (Phi) is 26.3. The molecule has 9 N–H and O–H groups in total. The van der Waals surface area contributed by atoms with Crippen molar-refractivity contribution in [3.05, 3.63) is 12.2 Å². The first-order valence-electron chi connectivity index (χ1n) is 20.9. The van der Waals surface area contributed by atoms with Gasteiger partial charge in [-0.3, -0.25) is 4.79 Å². The monoisotopic (exact) mass is 778 g/mol. The summed E-state index contributed by atoms with van der Waals surface area (Å²) < 4.78 is 22.5. The highest BCUT2D eigenvalue weighted by atomic mass is 16.7. The number of unbranched alkanes of at least 4 members (excludes halogenated alkanes) is 17. The van der Waals surface area contributed by atoms with E-state index in [0.717, 1.165) is 51.4 Å². The number of hydrogen-bond acceptors (Lipinski definition) is 13. The van der Waals surface area contributed by atoms with E-state index in [2.05, 4.69) is 19.2 Å². The lowest BCUT2D eigenvalue weighted by Gasteiger charge is -2.46. The molecule has 0 aromatic rings. The van der Waals surface area contributed by atoms with Crippen LogP contribution in [0.25, 0.3) is 0 Å². The SMILES string of the molecule is CCCCCC/C=C/C(O)C(COC1OC(CO)C(OC2OC(CO)C(O)C(O)C2O)C(O)C1O)NC(=O)CCCCCCCCCCCCCCCC. The van der Waals surface area contributed by atoms with Crippen molar-refractivity contribution in [1.82, 2.24) is 5.32 Å². The lowest BCUT2D eigenvalue weighted by Crippen LogP contribution is -2.65. The zero-order chi connectivity index (χ0) is 39.7. The van der Waals surface area contributed by atoms with Gasteiger partial charge < -0.3 is 65.1 Å². The highest BCUT2D eigenvalue weighted by Gasteiger charge is 2.50. The van der Waals surface area contributed by atoms with Crippen molar-refractivity contribution in [1.29, 1.82) is 0 Å². The van der Waals surface area contributed by atoms with Crippen molar-refractivity contribution >= 4 is 5.91 Å². The van der Waals surface area contributed by atoms with Gasteiger partial charge >= 0.3 is 0 Å². The molecule has 0 aromatic heterocycles.